The summed E-state index contributed by atoms with van der Waals surface area (Å²) < 4.78 is 1.74. The molecule has 0 saturated carbocycles. The number of hydrogen-bond acceptors (Lipinski definition) is 2. The van der Waals surface area contributed by atoms with E-state index in [9.17, 15) is 0 Å². The van der Waals surface area contributed by atoms with Crippen LogP contribution in [0.1, 0.15) is 0 Å². The fraction of sp³-hybridized carbons (Fsp3) is 0. The van der Waals surface area contributed by atoms with Crippen LogP contribution < -0.4 is 5.73 Å². The number of aromatic nitrogens is 2. The highest BCUT2D eigenvalue weighted by Crippen LogP contribution is 2.18. The zero-order valence-corrected chi connectivity index (χ0v) is 6.42. The van der Waals surface area contributed by atoms with Gasteiger partial charge in [0.05, 0.1) is 5.52 Å². The van der Waals surface area contributed by atoms with Gasteiger partial charge < -0.3 is 5.73 Å². The molecule has 4 heteroatoms. The van der Waals surface area contributed by atoms with Gasteiger partial charge in [-0.25, -0.2) is 4.98 Å². The molecule has 0 fully saturated rings. The van der Waals surface area contributed by atoms with E-state index < -0.39 is 0 Å². The number of nitrogen functional groups attached to an aromatic ring is 1. The molecule has 2 rings (SSSR count). The van der Waals surface area contributed by atoms with Crippen molar-refractivity contribution in [3.8, 4) is 0 Å². The zero-order valence-electron chi connectivity index (χ0n) is 5.66. The molecule has 3 nitrogen and oxygen atoms in total. The first-order valence-corrected chi connectivity index (χ1v) is 3.55. The van der Waals surface area contributed by atoms with Crippen LogP contribution >= 0.6 is 11.6 Å². The Hall–Kier alpha value is -1.22. The molecule has 2 aromatic rings. The van der Waals surface area contributed by atoms with E-state index in [4.69, 9.17) is 17.3 Å². The quantitative estimate of drug-likeness (QED) is 0.647. The van der Waals surface area contributed by atoms with Crippen molar-refractivity contribution < 1.29 is 0 Å². The Morgan fingerprint density at radius 3 is 3.00 bits per heavy atom. The Morgan fingerprint density at radius 2 is 2.27 bits per heavy atom. The van der Waals surface area contributed by atoms with Crippen molar-refractivity contribution in [2.24, 2.45) is 0 Å². The standard InChI is InChI=1S/C7H6ClN3/c8-6-5-3-1-2-4-11(5)7(9)10-6/h1-4H,(H2,9,10). The molecular formula is C7H6ClN3. The maximum atomic E-state index is 5.77. The van der Waals surface area contributed by atoms with E-state index >= 15 is 0 Å². The molecule has 0 aromatic carbocycles. The molecule has 11 heavy (non-hydrogen) atoms. The first kappa shape index (κ1) is 6.49. The number of nitrogens with two attached hydrogens (primary N) is 1. The predicted molar refractivity (Wildman–Crippen MR) is 44.6 cm³/mol. The highest BCUT2D eigenvalue weighted by atomic mass is 35.5. The van der Waals surface area contributed by atoms with E-state index in [-0.39, 0.29) is 0 Å². The Bertz CT molecular complexity index is 357. The van der Waals surface area contributed by atoms with Crippen LogP contribution in [-0.4, -0.2) is 9.38 Å². The van der Waals surface area contributed by atoms with E-state index in [1.165, 1.54) is 0 Å². The first-order valence-electron chi connectivity index (χ1n) is 3.17. The third-order valence-electron chi connectivity index (χ3n) is 1.53. The van der Waals surface area contributed by atoms with Crippen molar-refractivity contribution in [3.05, 3.63) is 29.5 Å². The third-order valence-corrected chi connectivity index (χ3v) is 1.81. The summed E-state index contributed by atoms with van der Waals surface area (Å²) >= 11 is 5.77. The number of anilines is 1. The molecule has 0 atom stereocenters. The summed E-state index contributed by atoms with van der Waals surface area (Å²) in [5.41, 5.74) is 6.38. The van der Waals surface area contributed by atoms with Crippen molar-refractivity contribution in [3.63, 3.8) is 0 Å². The normalized spacial score (nSPS) is 10.6. The minimum Gasteiger partial charge on any atom is -0.369 e. The van der Waals surface area contributed by atoms with Crippen LogP contribution in [0.4, 0.5) is 5.95 Å². The summed E-state index contributed by atoms with van der Waals surface area (Å²) in [7, 11) is 0. The van der Waals surface area contributed by atoms with Crippen molar-refractivity contribution in [1.29, 1.82) is 0 Å². The lowest BCUT2D eigenvalue weighted by atomic mass is 10.4. The monoisotopic (exact) mass is 167 g/mol. The Balaban J connectivity index is 2.95. The van der Waals surface area contributed by atoms with Gasteiger partial charge in [-0.1, -0.05) is 17.7 Å². The summed E-state index contributed by atoms with van der Waals surface area (Å²) in [6.07, 6.45) is 1.82. The van der Waals surface area contributed by atoms with Gasteiger partial charge in [0.25, 0.3) is 0 Å². The Kier molecular flexibility index (Phi) is 1.26. The summed E-state index contributed by atoms with van der Waals surface area (Å²) in [6.45, 7) is 0. The molecule has 2 aromatic heterocycles. The third kappa shape index (κ3) is 0.851. The SMILES string of the molecule is Nc1nc(Cl)c2ccccn12. The largest absolute Gasteiger partial charge is 0.369 e. The van der Waals surface area contributed by atoms with Crippen molar-refractivity contribution in [1.82, 2.24) is 9.38 Å². The molecule has 0 radical (unpaired) electrons. The molecule has 2 heterocycles. The van der Waals surface area contributed by atoms with E-state index in [1.807, 2.05) is 24.4 Å². The molecule has 0 amide bonds. The Morgan fingerprint density at radius 1 is 1.45 bits per heavy atom. The van der Waals surface area contributed by atoms with Gasteiger partial charge >= 0.3 is 0 Å². The number of pyridine rings is 1. The number of hydrogen-bond donors (Lipinski definition) is 1. The van der Waals surface area contributed by atoms with Gasteiger partial charge in [-0.2, -0.15) is 0 Å². The molecule has 0 unspecified atom stereocenters. The van der Waals surface area contributed by atoms with Gasteiger partial charge in [0.15, 0.2) is 5.15 Å². The lowest BCUT2D eigenvalue weighted by molar-refractivity contribution is 1.17. The zero-order chi connectivity index (χ0) is 7.84. The van der Waals surface area contributed by atoms with Gasteiger partial charge in [-0.3, -0.25) is 4.40 Å². The van der Waals surface area contributed by atoms with Crippen LogP contribution in [0.5, 0.6) is 0 Å². The lowest BCUT2D eigenvalue weighted by Gasteiger charge is -1.91. The van der Waals surface area contributed by atoms with Crippen molar-refractivity contribution >= 4 is 23.1 Å². The molecule has 0 aliphatic heterocycles. The second-order valence-corrected chi connectivity index (χ2v) is 2.57. The summed E-state index contributed by atoms with van der Waals surface area (Å²) in [5.74, 6) is 0.422. The maximum absolute atomic E-state index is 5.77. The summed E-state index contributed by atoms with van der Waals surface area (Å²) in [5, 5.41) is 0.447. The van der Waals surface area contributed by atoms with Gasteiger partial charge in [0.2, 0.25) is 5.95 Å². The van der Waals surface area contributed by atoms with E-state index in [0.29, 0.717) is 11.1 Å². The molecule has 0 saturated heterocycles. The van der Waals surface area contributed by atoms with Gasteiger partial charge in [-0.05, 0) is 12.1 Å². The molecular weight excluding hydrogens is 162 g/mol. The van der Waals surface area contributed by atoms with Crippen LogP contribution in [0, 0.1) is 0 Å². The topological polar surface area (TPSA) is 43.3 Å². The lowest BCUT2D eigenvalue weighted by Crippen LogP contribution is -1.92. The number of rotatable bonds is 0. The van der Waals surface area contributed by atoms with Crippen LogP contribution in [-0.2, 0) is 0 Å². The summed E-state index contributed by atoms with van der Waals surface area (Å²) in [4.78, 5) is 3.90. The number of halogens is 1. The number of nitrogens with zero attached hydrogens (tertiary/aromatic N) is 2. The van der Waals surface area contributed by atoms with Gasteiger partial charge in [0, 0.05) is 6.20 Å². The van der Waals surface area contributed by atoms with E-state index in [0.717, 1.165) is 5.52 Å². The predicted octanol–water partition coefficient (Wildman–Crippen LogP) is 1.57. The Labute approximate surface area is 68.4 Å². The first-order chi connectivity index (χ1) is 5.29. The van der Waals surface area contributed by atoms with Crippen LogP contribution in [0.25, 0.3) is 5.52 Å². The highest BCUT2D eigenvalue weighted by Gasteiger charge is 2.03. The second kappa shape index (κ2) is 2.13. The maximum Gasteiger partial charge on any atom is 0.206 e. The van der Waals surface area contributed by atoms with Crippen LogP contribution in [0.2, 0.25) is 5.15 Å². The van der Waals surface area contributed by atoms with Crippen molar-refractivity contribution in [2.45, 2.75) is 0 Å². The minimum atomic E-state index is 0.422. The molecule has 0 spiro atoms. The minimum absolute atomic E-state index is 0.422. The molecule has 2 N–H and O–H groups in total. The average molecular weight is 168 g/mol. The average Bonchev–Trinajstić information content (AvgIpc) is 2.30. The second-order valence-electron chi connectivity index (χ2n) is 2.22. The van der Waals surface area contributed by atoms with Gasteiger partial charge in [-0.15, -0.1) is 0 Å². The summed E-state index contributed by atoms with van der Waals surface area (Å²) in [6, 6.07) is 5.63. The molecule has 56 valence electrons. The fourth-order valence-corrected chi connectivity index (χ4v) is 1.26. The fourth-order valence-electron chi connectivity index (χ4n) is 1.02. The van der Waals surface area contributed by atoms with E-state index in [1.54, 1.807) is 4.40 Å². The van der Waals surface area contributed by atoms with Crippen molar-refractivity contribution in [2.75, 3.05) is 5.73 Å². The van der Waals surface area contributed by atoms with Crippen LogP contribution in [0.15, 0.2) is 24.4 Å². The molecule has 0 aliphatic carbocycles. The number of fused-ring (bicyclic) bond motifs is 1. The van der Waals surface area contributed by atoms with Gasteiger partial charge in [0.1, 0.15) is 0 Å². The highest BCUT2D eigenvalue weighted by molar-refractivity contribution is 6.32. The number of imidazole rings is 1. The smallest absolute Gasteiger partial charge is 0.206 e. The van der Waals surface area contributed by atoms with E-state index in [2.05, 4.69) is 4.98 Å². The molecule has 0 aliphatic rings. The van der Waals surface area contributed by atoms with Crippen LogP contribution in [0.3, 0.4) is 0 Å². The molecule has 0 bridgehead atoms.